The fourth-order valence-electron chi connectivity index (χ4n) is 5.22. The van der Waals surface area contributed by atoms with Crippen molar-refractivity contribution in [2.24, 2.45) is 11.3 Å². The molecule has 0 radical (unpaired) electrons. The van der Waals surface area contributed by atoms with E-state index in [0.29, 0.717) is 19.4 Å². The van der Waals surface area contributed by atoms with Crippen LogP contribution in [0.2, 0.25) is 0 Å². The van der Waals surface area contributed by atoms with E-state index in [1.54, 1.807) is 14.2 Å². The molecule has 2 fully saturated rings. The third-order valence-electron chi connectivity index (χ3n) is 6.29. The van der Waals surface area contributed by atoms with Gasteiger partial charge in [0, 0.05) is 24.5 Å². The number of aliphatic hydroxyl groups excluding tert-OH is 1. The Morgan fingerprint density at radius 1 is 1.36 bits per heavy atom. The quantitative estimate of drug-likeness (QED) is 0.498. The largest absolute Gasteiger partial charge is 0.497 e. The number of fused-ring (bicyclic) bond motifs is 1. The van der Waals surface area contributed by atoms with E-state index in [1.165, 1.54) is 0 Å². The maximum Gasteiger partial charge on any atom is 0.313 e. The average Bonchev–Trinajstić information content (AvgIpc) is 2.98. The van der Waals surface area contributed by atoms with Gasteiger partial charge in [0.1, 0.15) is 12.5 Å². The van der Waals surface area contributed by atoms with Gasteiger partial charge in [0.05, 0.1) is 25.2 Å². The standard InChI is InChI=1S/C19H24O6/c1-18-7-6-15(20)19(25-17(18)21)14-5-4-11(23-3)8-12(14)13(16(18)19)9-24-10-22-2/h4-5,8,13,15-16,20H,6-7,9-10H2,1-3H3/t13-,15-,16-,18+,19+/m1/s1. The smallest absolute Gasteiger partial charge is 0.313 e. The van der Waals surface area contributed by atoms with E-state index >= 15 is 0 Å². The Labute approximate surface area is 147 Å². The summed E-state index contributed by atoms with van der Waals surface area (Å²) in [6, 6.07) is 5.75. The highest BCUT2D eigenvalue weighted by molar-refractivity contribution is 5.82. The van der Waals surface area contributed by atoms with Gasteiger partial charge < -0.3 is 24.1 Å². The first-order valence-corrected chi connectivity index (χ1v) is 8.65. The number of methoxy groups -OCH3 is 2. The molecule has 2 aliphatic carbocycles. The van der Waals surface area contributed by atoms with Gasteiger partial charge >= 0.3 is 5.97 Å². The summed E-state index contributed by atoms with van der Waals surface area (Å²) < 4.78 is 22.0. The second-order valence-electron chi connectivity index (χ2n) is 7.47. The lowest BCUT2D eigenvalue weighted by Gasteiger charge is -2.43. The van der Waals surface area contributed by atoms with E-state index in [-0.39, 0.29) is 24.6 Å². The summed E-state index contributed by atoms with van der Waals surface area (Å²) in [6.07, 6.45) is 0.456. The molecule has 2 bridgehead atoms. The van der Waals surface area contributed by atoms with Crippen LogP contribution in [-0.4, -0.2) is 44.8 Å². The second-order valence-corrected chi connectivity index (χ2v) is 7.47. The molecule has 1 saturated heterocycles. The summed E-state index contributed by atoms with van der Waals surface area (Å²) in [7, 11) is 3.20. The second kappa shape index (κ2) is 5.69. The minimum atomic E-state index is -0.979. The maximum atomic E-state index is 12.7. The Bertz CT molecular complexity index is 703. The summed E-state index contributed by atoms with van der Waals surface area (Å²) in [6.45, 7) is 2.54. The first kappa shape index (κ1) is 16.8. The number of rotatable bonds is 5. The minimum absolute atomic E-state index is 0.0633. The van der Waals surface area contributed by atoms with Gasteiger partial charge in [-0.15, -0.1) is 0 Å². The van der Waals surface area contributed by atoms with Crippen LogP contribution in [0.1, 0.15) is 36.8 Å². The summed E-state index contributed by atoms with van der Waals surface area (Å²) in [5, 5.41) is 10.9. The molecule has 1 heterocycles. The van der Waals surface area contributed by atoms with Crippen LogP contribution in [0.25, 0.3) is 0 Å². The van der Waals surface area contributed by atoms with Crippen molar-refractivity contribution >= 4 is 5.97 Å². The van der Waals surface area contributed by atoms with Crippen molar-refractivity contribution in [3.05, 3.63) is 29.3 Å². The molecule has 136 valence electrons. The molecular weight excluding hydrogens is 324 g/mol. The number of ether oxygens (including phenoxy) is 4. The van der Waals surface area contributed by atoms with Crippen LogP contribution in [0, 0.1) is 11.3 Å². The van der Waals surface area contributed by atoms with E-state index in [0.717, 1.165) is 16.9 Å². The molecule has 25 heavy (non-hydrogen) atoms. The molecule has 0 unspecified atom stereocenters. The van der Waals surface area contributed by atoms with Gasteiger partial charge in [-0.1, -0.05) is 6.07 Å². The highest BCUT2D eigenvalue weighted by Crippen LogP contribution is 2.68. The van der Waals surface area contributed by atoms with Crippen LogP contribution < -0.4 is 4.74 Å². The fraction of sp³-hybridized carbons (Fsp3) is 0.632. The Morgan fingerprint density at radius 2 is 2.16 bits per heavy atom. The van der Waals surface area contributed by atoms with Crippen LogP contribution in [0.4, 0.5) is 0 Å². The number of carbonyl (C=O) groups is 1. The van der Waals surface area contributed by atoms with Crippen molar-refractivity contribution in [1.29, 1.82) is 0 Å². The van der Waals surface area contributed by atoms with Gasteiger partial charge in [0.15, 0.2) is 5.60 Å². The third kappa shape index (κ3) is 2.05. The van der Waals surface area contributed by atoms with Crippen LogP contribution in [0.3, 0.4) is 0 Å². The summed E-state index contributed by atoms with van der Waals surface area (Å²) >= 11 is 0. The molecule has 0 amide bonds. The number of benzene rings is 1. The topological polar surface area (TPSA) is 74.2 Å². The highest BCUT2D eigenvalue weighted by atomic mass is 16.7. The highest BCUT2D eigenvalue weighted by Gasteiger charge is 2.74. The van der Waals surface area contributed by atoms with Crippen molar-refractivity contribution in [1.82, 2.24) is 0 Å². The molecular formula is C19H24O6. The molecule has 4 rings (SSSR count). The molecule has 1 saturated carbocycles. The lowest BCUT2D eigenvalue weighted by atomic mass is 9.60. The predicted octanol–water partition coefficient (Wildman–Crippen LogP) is 1.94. The molecule has 1 aromatic rings. The lowest BCUT2D eigenvalue weighted by Crippen LogP contribution is -2.50. The van der Waals surface area contributed by atoms with Crippen molar-refractivity contribution in [2.75, 3.05) is 27.6 Å². The van der Waals surface area contributed by atoms with Gasteiger partial charge in [0.25, 0.3) is 0 Å². The minimum Gasteiger partial charge on any atom is -0.497 e. The van der Waals surface area contributed by atoms with Gasteiger partial charge in [-0.05, 0) is 37.5 Å². The molecule has 1 N–H and O–H groups in total. The predicted molar refractivity (Wildman–Crippen MR) is 88.2 cm³/mol. The zero-order valence-electron chi connectivity index (χ0n) is 14.8. The van der Waals surface area contributed by atoms with Gasteiger partial charge in [-0.3, -0.25) is 4.79 Å². The molecule has 0 spiro atoms. The SMILES string of the molecule is COCOC[C@@H]1c2cc(OC)ccc2[C@]23OC(=O)[C@@](C)(CC[C@H]2O)[C@@H]13. The van der Waals surface area contributed by atoms with E-state index < -0.39 is 17.1 Å². The zero-order valence-corrected chi connectivity index (χ0v) is 14.8. The first-order valence-electron chi connectivity index (χ1n) is 8.65. The third-order valence-corrected chi connectivity index (χ3v) is 6.29. The van der Waals surface area contributed by atoms with Crippen LogP contribution in [0.15, 0.2) is 18.2 Å². The molecule has 1 aromatic carbocycles. The van der Waals surface area contributed by atoms with Gasteiger partial charge in [0.2, 0.25) is 0 Å². The number of esters is 1. The monoisotopic (exact) mass is 348 g/mol. The molecule has 6 heteroatoms. The molecule has 1 aliphatic heterocycles. The average molecular weight is 348 g/mol. The molecule has 3 aliphatic rings. The maximum absolute atomic E-state index is 12.7. The normalized spacial score (nSPS) is 38.2. The first-order chi connectivity index (χ1) is 12.0. The summed E-state index contributed by atoms with van der Waals surface area (Å²) in [4.78, 5) is 12.7. The number of hydrogen-bond acceptors (Lipinski definition) is 6. The van der Waals surface area contributed by atoms with Crippen LogP contribution in [-0.2, 0) is 24.6 Å². The van der Waals surface area contributed by atoms with Crippen molar-refractivity contribution in [3.63, 3.8) is 0 Å². The Morgan fingerprint density at radius 3 is 2.88 bits per heavy atom. The molecule has 6 nitrogen and oxygen atoms in total. The van der Waals surface area contributed by atoms with Crippen molar-refractivity contribution in [3.8, 4) is 5.75 Å². The lowest BCUT2D eigenvalue weighted by molar-refractivity contribution is -0.163. The van der Waals surface area contributed by atoms with Crippen molar-refractivity contribution in [2.45, 2.75) is 37.4 Å². The number of hydrogen-bond donors (Lipinski definition) is 1. The van der Waals surface area contributed by atoms with Crippen molar-refractivity contribution < 1.29 is 28.8 Å². The Kier molecular flexibility index (Phi) is 3.83. The van der Waals surface area contributed by atoms with Gasteiger partial charge in [-0.2, -0.15) is 0 Å². The van der Waals surface area contributed by atoms with E-state index in [4.69, 9.17) is 18.9 Å². The molecule has 5 atom stereocenters. The van der Waals surface area contributed by atoms with E-state index in [9.17, 15) is 9.90 Å². The van der Waals surface area contributed by atoms with Gasteiger partial charge in [-0.25, -0.2) is 0 Å². The number of aliphatic hydroxyl groups is 1. The molecule has 0 aromatic heterocycles. The summed E-state index contributed by atoms with van der Waals surface area (Å²) in [5.74, 6) is 0.307. The fourth-order valence-corrected chi connectivity index (χ4v) is 5.22. The Balaban J connectivity index is 1.86. The number of carbonyl (C=O) groups excluding carboxylic acids is 1. The van der Waals surface area contributed by atoms with E-state index in [2.05, 4.69) is 0 Å². The van der Waals surface area contributed by atoms with Crippen LogP contribution >= 0.6 is 0 Å². The zero-order chi connectivity index (χ0) is 17.8. The van der Waals surface area contributed by atoms with Crippen LogP contribution in [0.5, 0.6) is 5.75 Å². The van der Waals surface area contributed by atoms with E-state index in [1.807, 2.05) is 25.1 Å². The Hall–Kier alpha value is -1.63. The summed E-state index contributed by atoms with van der Waals surface area (Å²) in [5.41, 5.74) is 0.313.